The number of aromatic nitrogens is 2. The van der Waals surface area contributed by atoms with Crippen molar-refractivity contribution in [2.75, 3.05) is 0 Å². The fraction of sp³-hybridized carbons (Fsp3) is 0.500. The maximum Gasteiger partial charge on any atom is 0.271 e. The first-order valence-electron chi connectivity index (χ1n) is 4.81. The van der Waals surface area contributed by atoms with Crippen LogP contribution in [0.5, 0.6) is 0 Å². The smallest absolute Gasteiger partial charge is 0.271 e. The molecule has 0 fully saturated rings. The van der Waals surface area contributed by atoms with Crippen molar-refractivity contribution in [3.05, 3.63) is 24.3 Å². The number of hydrogen-bond acceptors (Lipinski definition) is 3. The number of rotatable bonds is 4. The van der Waals surface area contributed by atoms with Crippen LogP contribution in [-0.2, 0) is 0 Å². The van der Waals surface area contributed by atoms with Crippen molar-refractivity contribution in [1.29, 1.82) is 0 Å². The predicted octanol–water partition coefficient (Wildman–Crippen LogP) is 1.39. The molecule has 76 valence electrons. The second kappa shape index (κ2) is 5.32. The van der Waals surface area contributed by atoms with Crippen molar-refractivity contribution in [2.24, 2.45) is 0 Å². The van der Waals surface area contributed by atoms with Gasteiger partial charge in [-0.3, -0.25) is 9.78 Å². The van der Waals surface area contributed by atoms with Gasteiger partial charge >= 0.3 is 0 Å². The fourth-order valence-corrected chi connectivity index (χ4v) is 1.22. The van der Waals surface area contributed by atoms with Gasteiger partial charge in [0.2, 0.25) is 0 Å². The van der Waals surface area contributed by atoms with Gasteiger partial charge < -0.3 is 5.32 Å². The summed E-state index contributed by atoms with van der Waals surface area (Å²) in [6, 6.07) is 0.189. The number of hydrogen-bond donors (Lipinski definition) is 1. The summed E-state index contributed by atoms with van der Waals surface area (Å²) >= 11 is 0. The predicted molar refractivity (Wildman–Crippen MR) is 53.9 cm³/mol. The number of amides is 1. The van der Waals surface area contributed by atoms with E-state index in [1.807, 2.05) is 6.92 Å². The van der Waals surface area contributed by atoms with Crippen LogP contribution in [0.2, 0.25) is 0 Å². The Bertz CT molecular complexity index is 287. The summed E-state index contributed by atoms with van der Waals surface area (Å²) in [5.74, 6) is -0.154. The molecule has 0 aliphatic heterocycles. The van der Waals surface area contributed by atoms with Gasteiger partial charge in [0.15, 0.2) is 0 Å². The average molecular weight is 193 g/mol. The second-order valence-electron chi connectivity index (χ2n) is 3.25. The van der Waals surface area contributed by atoms with Crippen molar-refractivity contribution >= 4 is 5.91 Å². The molecule has 0 bridgehead atoms. The molecule has 0 aliphatic carbocycles. The van der Waals surface area contributed by atoms with E-state index < -0.39 is 0 Å². The van der Waals surface area contributed by atoms with Crippen molar-refractivity contribution in [3.63, 3.8) is 0 Å². The Balaban J connectivity index is 2.51. The molecule has 1 aromatic heterocycles. The lowest BCUT2D eigenvalue weighted by Crippen LogP contribution is -2.32. The number of nitrogens with one attached hydrogen (secondary N) is 1. The minimum atomic E-state index is -0.154. The molecule has 1 atom stereocenters. The Morgan fingerprint density at radius 2 is 2.36 bits per heavy atom. The minimum Gasteiger partial charge on any atom is -0.348 e. The lowest BCUT2D eigenvalue weighted by molar-refractivity contribution is 0.0933. The highest BCUT2D eigenvalue weighted by atomic mass is 16.1. The van der Waals surface area contributed by atoms with E-state index in [-0.39, 0.29) is 11.9 Å². The molecule has 4 heteroatoms. The molecule has 14 heavy (non-hydrogen) atoms. The van der Waals surface area contributed by atoms with Crippen molar-refractivity contribution in [2.45, 2.75) is 32.7 Å². The molecule has 0 saturated carbocycles. The van der Waals surface area contributed by atoms with Crippen LogP contribution in [0.4, 0.5) is 0 Å². The van der Waals surface area contributed by atoms with Crippen LogP contribution in [0.25, 0.3) is 0 Å². The van der Waals surface area contributed by atoms with E-state index in [9.17, 15) is 4.79 Å². The molecule has 1 heterocycles. The highest BCUT2D eigenvalue weighted by Crippen LogP contribution is 1.97. The Labute approximate surface area is 83.8 Å². The van der Waals surface area contributed by atoms with Crippen LogP contribution >= 0.6 is 0 Å². The van der Waals surface area contributed by atoms with Gasteiger partial charge in [-0.1, -0.05) is 13.3 Å². The summed E-state index contributed by atoms with van der Waals surface area (Å²) in [4.78, 5) is 19.3. The van der Waals surface area contributed by atoms with E-state index in [2.05, 4.69) is 22.2 Å². The molecular formula is C10H15N3O. The summed E-state index contributed by atoms with van der Waals surface area (Å²) in [5.41, 5.74) is 0.371. The minimum absolute atomic E-state index is 0.154. The second-order valence-corrected chi connectivity index (χ2v) is 3.25. The zero-order chi connectivity index (χ0) is 10.4. The summed E-state index contributed by atoms with van der Waals surface area (Å²) in [5, 5.41) is 2.86. The SMILES string of the molecule is CCC[C@@H](C)NC(=O)c1cnccn1. The lowest BCUT2D eigenvalue weighted by atomic mass is 10.2. The van der Waals surface area contributed by atoms with E-state index in [1.165, 1.54) is 12.4 Å². The Hall–Kier alpha value is -1.45. The van der Waals surface area contributed by atoms with E-state index >= 15 is 0 Å². The molecule has 0 saturated heterocycles. The molecular weight excluding hydrogens is 178 g/mol. The zero-order valence-corrected chi connectivity index (χ0v) is 8.53. The number of carbonyl (C=O) groups is 1. The van der Waals surface area contributed by atoms with Crippen LogP contribution in [0.1, 0.15) is 37.2 Å². The topological polar surface area (TPSA) is 54.9 Å². The molecule has 4 nitrogen and oxygen atoms in total. The number of carbonyl (C=O) groups excluding carboxylic acids is 1. The van der Waals surface area contributed by atoms with Crippen LogP contribution in [-0.4, -0.2) is 21.9 Å². The molecule has 1 N–H and O–H groups in total. The molecule has 0 radical (unpaired) electrons. The van der Waals surface area contributed by atoms with Crippen molar-refractivity contribution < 1.29 is 4.79 Å². The van der Waals surface area contributed by atoms with E-state index in [4.69, 9.17) is 0 Å². The molecule has 1 aromatic rings. The molecule has 0 unspecified atom stereocenters. The van der Waals surface area contributed by atoms with E-state index in [0.717, 1.165) is 12.8 Å². The molecule has 0 aromatic carbocycles. The fourth-order valence-electron chi connectivity index (χ4n) is 1.22. The van der Waals surface area contributed by atoms with Crippen LogP contribution in [0.3, 0.4) is 0 Å². The van der Waals surface area contributed by atoms with Crippen LogP contribution in [0, 0.1) is 0 Å². The standard InChI is InChI=1S/C10H15N3O/c1-3-4-8(2)13-10(14)9-7-11-5-6-12-9/h5-8H,3-4H2,1-2H3,(H,13,14)/t8-/m1/s1. The quantitative estimate of drug-likeness (QED) is 0.786. The van der Waals surface area contributed by atoms with Gasteiger partial charge in [-0.25, -0.2) is 4.98 Å². The summed E-state index contributed by atoms with van der Waals surface area (Å²) in [6.07, 6.45) is 6.56. The third kappa shape index (κ3) is 3.12. The maximum absolute atomic E-state index is 11.5. The largest absolute Gasteiger partial charge is 0.348 e. The maximum atomic E-state index is 11.5. The molecule has 0 aliphatic rings. The first-order chi connectivity index (χ1) is 6.74. The summed E-state index contributed by atoms with van der Waals surface area (Å²) in [6.45, 7) is 4.07. The first-order valence-corrected chi connectivity index (χ1v) is 4.81. The average Bonchev–Trinajstić information content (AvgIpc) is 2.19. The van der Waals surface area contributed by atoms with Crippen LogP contribution < -0.4 is 5.32 Å². The van der Waals surface area contributed by atoms with Crippen molar-refractivity contribution in [1.82, 2.24) is 15.3 Å². The van der Waals surface area contributed by atoms with Gasteiger partial charge in [-0.2, -0.15) is 0 Å². The highest BCUT2D eigenvalue weighted by Gasteiger charge is 2.09. The normalized spacial score (nSPS) is 12.1. The Morgan fingerprint density at radius 3 is 2.93 bits per heavy atom. The van der Waals surface area contributed by atoms with Gasteiger partial charge in [0.1, 0.15) is 5.69 Å². The molecule has 0 spiro atoms. The number of nitrogens with zero attached hydrogens (tertiary/aromatic N) is 2. The Morgan fingerprint density at radius 1 is 1.57 bits per heavy atom. The van der Waals surface area contributed by atoms with E-state index in [1.54, 1.807) is 6.20 Å². The zero-order valence-electron chi connectivity index (χ0n) is 8.53. The first kappa shape index (κ1) is 10.6. The monoisotopic (exact) mass is 193 g/mol. The summed E-state index contributed by atoms with van der Waals surface area (Å²) < 4.78 is 0. The summed E-state index contributed by atoms with van der Waals surface area (Å²) in [7, 11) is 0. The van der Waals surface area contributed by atoms with Crippen molar-refractivity contribution in [3.8, 4) is 0 Å². The van der Waals surface area contributed by atoms with Crippen LogP contribution in [0.15, 0.2) is 18.6 Å². The highest BCUT2D eigenvalue weighted by molar-refractivity contribution is 5.92. The molecule has 1 amide bonds. The Kier molecular flexibility index (Phi) is 4.04. The third-order valence-electron chi connectivity index (χ3n) is 1.89. The third-order valence-corrected chi connectivity index (χ3v) is 1.89. The van der Waals surface area contributed by atoms with Gasteiger partial charge in [0.05, 0.1) is 6.20 Å². The molecule has 1 rings (SSSR count). The van der Waals surface area contributed by atoms with Gasteiger partial charge in [-0.05, 0) is 13.3 Å². The van der Waals surface area contributed by atoms with E-state index in [0.29, 0.717) is 5.69 Å². The van der Waals surface area contributed by atoms with Gasteiger partial charge in [0, 0.05) is 18.4 Å². The lowest BCUT2D eigenvalue weighted by Gasteiger charge is -2.11. The van der Waals surface area contributed by atoms with Gasteiger partial charge in [-0.15, -0.1) is 0 Å². The van der Waals surface area contributed by atoms with Gasteiger partial charge in [0.25, 0.3) is 5.91 Å².